The molecule has 25 heavy (non-hydrogen) atoms. The standard InChI is InChI=1S/C18H13ClN2O4/c19-12-5-1-2-6-13(12)20-16(22)11-24-18(23)10-9-17-21-14-7-3-4-8-15(14)25-17/h1-10H,11H2,(H,20,22)/b10-9+. The van der Waals surface area contributed by atoms with Crippen LogP contribution in [0.5, 0.6) is 0 Å². The molecule has 3 rings (SSSR count). The molecule has 6 nitrogen and oxygen atoms in total. The van der Waals surface area contributed by atoms with Crippen molar-refractivity contribution in [1.82, 2.24) is 4.98 Å². The number of carbonyl (C=O) groups is 2. The Morgan fingerprint density at radius 2 is 1.92 bits per heavy atom. The van der Waals surface area contributed by atoms with Crippen LogP contribution in [0.4, 0.5) is 5.69 Å². The van der Waals surface area contributed by atoms with Crippen molar-refractivity contribution in [3.05, 3.63) is 65.5 Å². The number of amides is 1. The minimum atomic E-state index is -0.684. The van der Waals surface area contributed by atoms with Crippen molar-refractivity contribution >= 4 is 46.3 Å². The molecule has 0 aliphatic carbocycles. The number of halogens is 1. The van der Waals surface area contributed by atoms with Gasteiger partial charge >= 0.3 is 5.97 Å². The Hall–Kier alpha value is -3.12. The first-order valence-electron chi connectivity index (χ1n) is 7.36. The van der Waals surface area contributed by atoms with Crippen LogP contribution in [0.2, 0.25) is 5.02 Å². The smallest absolute Gasteiger partial charge is 0.331 e. The highest BCUT2D eigenvalue weighted by molar-refractivity contribution is 6.33. The molecule has 0 fully saturated rings. The lowest BCUT2D eigenvalue weighted by Gasteiger charge is -2.06. The number of rotatable bonds is 5. The first-order valence-corrected chi connectivity index (χ1v) is 7.74. The van der Waals surface area contributed by atoms with Crippen LogP contribution in [0.25, 0.3) is 17.2 Å². The summed E-state index contributed by atoms with van der Waals surface area (Å²) < 4.78 is 10.3. The third kappa shape index (κ3) is 4.45. The number of ether oxygens (including phenoxy) is 1. The van der Waals surface area contributed by atoms with Crippen LogP contribution in [0.15, 0.2) is 59.0 Å². The van der Waals surface area contributed by atoms with Gasteiger partial charge in [-0.3, -0.25) is 4.79 Å². The van der Waals surface area contributed by atoms with E-state index < -0.39 is 18.5 Å². The Bertz CT molecular complexity index is 916. The van der Waals surface area contributed by atoms with Gasteiger partial charge in [0.1, 0.15) is 5.52 Å². The highest BCUT2D eigenvalue weighted by atomic mass is 35.5. The molecule has 1 amide bonds. The second kappa shape index (κ2) is 7.63. The summed E-state index contributed by atoms with van der Waals surface area (Å²) in [5.41, 5.74) is 1.76. The summed E-state index contributed by atoms with van der Waals surface area (Å²) in [5.74, 6) is -0.896. The quantitative estimate of drug-likeness (QED) is 0.557. The normalized spacial score (nSPS) is 10.9. The second-order valence-electron chi connectivity index (χ2n) is 4.99. The number of para-hydroxylation sites is 3. The van der Waals surface area contributed by atoms with Gasteiger partial charge in [0.2, 0.25) is 5.89 Å². The fourth-order valence-corrected chi connectivity index (χ4v) is 2.22. The number of anilines is 1. The van der Waals surface area contributed by atoms with Crippen LogP contribution in [-0.2, 0) is 14.3 Å². The van der Waals surface area contributed by atoms with Crippen molar-refractivity contribution in [2.45, 2.75) is 0 Å². The highest BCUT2D eigenvalue weighted by Crippen LogP contribution is 2.20. The minimum Gasteiger partial charge on any atom is -0.452 e. The van der Waals surface area contributed by atoms with Gasteiger partial charge in [-0.05, 0) is 24.3 Å². The molecular formula is C18H13ClN2O4. The van der Waals surface area contributed by atoms with Gasteiger partial charge < -0.3 is 14.5 Å². The first-order chi connectivity index (χ1) is 12.1. The van der Waals surface area contributed by atoms with Gasteiger partial charge in [-0.15, -0.1) is 0 Å². The predicted octanol–water partition coefficient (Wildman–Crippen LogP) is 3.68. The monoisotopic (exact) mass is 356 g/mol. The van der Waals surface area contributed by atoms with E-state index in [2.05, 4.69) is 10.3 Å². The van der Waals surface area contributed by atoms with Crippen molar-refractivity contribution in [2.75, 3.05) is 11.9 Å². The number of esters is 1. The van der Waals surface area contributed by atoms with Crippen LogP contribution in [0, 0.1) is 0 Å². The molecule has 0 bridgehead atoms. The van der Waals surface area contributed by atoms with Crippen LogP contribution in [-0.4, -0.2) is 23.5 Å². The number of benzene rings is 2. The largest absolute Gasteiger partial charge is 0.452 e. The Morgan fingerprint density at radius 3 is 2.72 bits per heavy atom. The Labute approximate surface area is 148 Å². The molecule has 0 saturated heterocycles. The van der Waals surface area contributed by atoms with Gasteiger partial charge in [0.25, 0.3) is 5.91 Å². The summed E-state index contributed by atoms with van der Waals surface area (Å²) in [5, 5.41) is 2.95. The van der Waals surface area contributed by atoms with Gasteiger partial charge in [-0.1, -0.05) is 35.9 Å². The Kier molecular flexibility index (Phi) is 5.11. The van der Waals surface area contributed by atoms with Crippen LogP contribution >= 0.6 is 11.6 Å². The van der Waals surface area contributed by atoms with Gasteiger partial charge in [0.05, 0.1) is 10.7 Å². The van der Waals surface area contributed by atoms with E-state index in [4.69, 9.17) is 20.8 Å². The summed E-state index contributed by atoms with van der Waals surface area (Å²) in [6.45, 7) is -0.429. The number of oxazole rings is 1. The molecule has 2 aromatic carbocycles. The van der Waals surface area contributed by atoms with E-state index >= 15 is 0 Å². The molecule has 0 unspecified atom stereocenters. The van der Waals surface area contributed by atoms with Crippen molar-refractivity contribution < 1.29 is 18.7 Å². The summed E-state index contributed by atoms with van der Waals surface area (Å²) in [6, 6.07) is 14.0. The first kappa shape index (κ1) is 16.7. The average Bonchev–Trinajstić information content (AvgIpc) is 3.03. The molecule has 0 saturated carbocycles. The zero-order valence-corrected chi connectivity index (χ0v) is 13.7. The third-order valence-corrected chi connectivity index (χ3v) is 3.50. The summed E-state index contributed by atoms with van der Waals surface area (Å²) in [4.78, 5) is 27.6. The molecule has 126 valence electrons. The summed E-state index contributed by atoms with van der Waals surface area (Å²) in [6.07, 6.45) is 2.53. The number of nitrogens with one attached hydrogen (secondary N) is 1. The van der Waals surface area contributed by atoms with Crippen molar-refractivity contribution in [2.24, 2.45) is 0 Å². The molecule has 1 N–H and O–H groups in total. The number of hydrogen-bond acceptors (Lipinski definition) is 5. The maximum atomic E-state index is 11.8. The topological polar surface area (TPSA) is 81.4 Å². The number of hydrogen-bond donors (Lipinski definition) is 1. The van der Waals surface area contributed by atoms with E-state index in [-0.39, 0.29) is 5.89 Å². The zero-order valence-electron chi connectivity index (χ0n) is 12.9. The van der Waals surface area contributed by atoms with Crippen molar-refractivity contribution in [3.8, 4) is 0 Å². The van der Waals surface area contributed by atoms with Crippen LogP contribution in [0.1, 0.15) is 5.89 Å². The highest BCUT2D eigenvalue weighted by Gasteiger charge is 2.08. The fourth-order valence-electron chi connectivity index (χ4n) is 2.03. The summed E-state index contributed by atoms with van der Waals surface area (Å²) in [7, 11) is 0. The maximum Gasteiger partial charge on any atom is 0.331 e. The molecule has 0 aliphatic heterocycles. The molecule has 3 aromatic rings. The number of aromatic nitrogens is 1. The number of nitrogens with zero attached hydrogens (tertiary/aromatic N) is 1. The average molecular weight is 357 g/mol. The molecule has 0 radical (unpaired) electrons. The number of carbonyl (C=O) groups excluding carboxylic acids is 2. The van der Waals surface area contributed by atoms with Gasteiger partial charge in [0, 0.05) is 12.2 Å². The Morgan fingerprint density at radius 1 is 1.16 bits per heavy atom. The van der Waals surface area contributed by atoms with Gasteiger partial charge in [-0.25, -0.2) is 9.78 Å². The van der Waals surface area contributed by atoms with Gasteiger partial charge in [0.15, 0.2) is 12.2 Å². The van der Waals surface area contributed by atoms with E-state index in [0.29, 0.717) is 21.8 Å². The summed E-state index contributed by atoms with van der Waals surface area (Å²) >= 11 is 5.93. The molecule has 0 atom stereocenters. The molecular weight excluding hydrogens is 344 g/mol. The lowest BCUT2D eigenvalue weighted by Crippen LogP contribution is -2.20. The molecule has 1 heterocycles. The van der Waals surface area contributed by atoms with E-state index in [1.165, 1.54) is 6.08 Å². The van der Waals surface area contributed by atoms with Gasteiger partial charge in [-0.2, -0.15) is 0 Å². The molecule has 0 aliphatic rings. The lowest BCUT2D eigenvalue weighted by molar-refractivity contribution is -0.142. The van der Waals surface area contributed by atoms with Crippen molar-refractivity contribution in [1.29, 1.82) is 0 Å². The van der Waals surface area contributed by atoms with E-state index in [1.807, 2.05) is 12.1 Å². The third-order valence-electron chi connectivity index (χ3n) is 3.17. The lowest BCUT2D eigenvalue weighted by atomic mass is 10.3. The minimum absolute atomic E-state index is 0.277. The Balaban J connectivity index is 1.52. The maximum absolute atomic E-state index is 11.8. The SMILES string of the molecule is O=C(COC(=O)/C=C/c1nc2ccccc2o1)Nc1ccccc1Cl. The molecule has 1 aromatic heterocycles. The molecule has 7 heteroatoms. The van der Waals surface area contributed by atoms with E-state index in [0.717, 1.165) is 6.08 Å². The second-order valence-corrected chi connectivity index (χ2v) is 5.40. The fraction of sp³-hybridized carbons (Fsp3) is 0.0556. The van der Waals surface area contributed by atoms with Crippen LogP contribution in [0.3, 0.4) is 0 Å². The van der Waals surface area contributed by atoms with E-state index in [9.17, 15) is 9.59 Å². The zero-order chi connectivity index (χ0) is 17.6. The van der Waals surface area contributed by atoms with Crippen LogP contribution < -0.4 is 5.32 Å². The molecule has 0 spiro atoms. The van der Waals surface area contributed by atoms with Crippen molar-refractivity contribution in [3.63, 3.8) is 0 Å². The van der Waals surface area contributed by atoms with E-state index in [1.54, 1.807) is 36.4 Å². The predicted molar refractivity (Wildman–Crippen MR) is 94.1 cm³/mol. The number of fused-ring (bicyclic) bond motifs is 1.